The van der Waals surface area contributed by atoms with Crippen molar-refractivity contribution in [2.24, 2.45) is 0 Å². The average Bonchev–Trinajstić information content (AvgIpc) is 2.94. The molecule has 1 fully saturated rings. The highest BCUT2D eigenvalue weighted by Gasteiger charge is 2.33. The first-order valence-electron chi connectivity index (χ1n) is 8.61. The quantitative estimate of drug-likeness (QED) is 0.755. The molecule has 1 aromatic carbocycles. The average molecular weight is 336 g/mol. The lowest BCUT2D eigenvalue weighted by Gasteiger charge is -2.37. The maximum absolute atomic E-state index is 9.69. The van der Waals surface area contributed by atoms with Gasteiger partial charge in [-0.05, 0) is 62.8 Å². The van der Waals surface area contributed by atoms with Gasteiger partial charge < -0.3 is 5.11 Å². The van der Waals surface area contributed by atoms with E-state index in [1.807, 2.05) is 12.1 Å². The van der Waals surface area contributed by atoms with E-state index in [4.69, 9.17) is 11.6 Å². The first kappa shape index (κ1) is 18.5. The monoisotopic (exact) mass is 335 g/mol. The fourth-order valence-corrected chi connectivity index (χ4v) is 3.82. The fraction of sp³-hybridized carbons (Fsp3) is 0.600. The predicted octanol–water partition coefficient (Wildman–Crippen LogP) is 4.80. The Morgan fingerprint density at radius 3 is 2.57 bits per heavy atom. The molecule has 2 atom stereocenters. The van der Waals surface area contributed by atoms with E-state index in [9.17, 15) is 5.11 Å². The molecule has 128 valence electrons. The summed E-state index contributed by atoms with van der Waals surface area (Å²) in [7, 11) is 0. The lowest BCUT2D eigenvalue weighted by Crippen LogP contribution is -2.43. The first-order chi connectivity index (χ1) is 10.8. The summed E-state index contributed by atoms with van der Waals surface area (Å²) in [4.78, 5) is 2.49. The Morgan fingerprint density at radius 1 is 1.35 bits per heavy atom. The molecule has 0 spiro atoms. The standard InChI is InChI=1S/C20H30ClNO/c1-15(2)12-19(22-11-5-6-18(22)14-23)13-20(3,4)16-7-9-17(21)10-8-16/h7-10,12,18-19,23H,5-6,11,13-14H2,1-4H3/t18-,19+/m1/s1. The van der Waals surface area contributed by atoms with Crippen molar-refractivity contribution in [1.82, 2.24) is 4.90 Å². The number of rotatable bonds is 6. The van der Waals surface area contributed by atoms with Gasteiger partial charge in [0.05, 0.1) is 6.61 Å². The van der Waals surface area contributed by atoms with Crippen LogP contribution >= 0.6 is 11.6 Å². The van der Waals surface area contributed by atoms with E-state index in [0.29, 0.717) is 12.1 Å². The SMILES string of the molecule is CC(C)=C[C@@H](CC(C)(C)c1ccc(Cl)cc1)N1CCC[C@@H]1CO. The van der Waals surface area contributed by atoms with Crippen LogP contribution in [-0.2, 0) is 5.41 Å². The van der Waals surface area contributed by atoms with E-state index in [1.54, 1.807) is 0 Å². The Kier molecular flexibility index (Phi) is 6.30. The molecule has 3 heteroatoms. The lowest BCUT2D eigenvalue weighted by atomic mass is 9.78. The van der Waals surface area contributed by atoms with Crippen molar-refractivity contribution in [2.45, 2.75) is 64.5 Å². The van der Waals surface area contributed by atoms with Crippen LogP contribution in [0.4, 0.5) is 0 Å². The summed E-state index contributed by atoms with van der Waals surface area (Å²) >= 11 is 6.03. The van der Waals surface area contributed by atoms with Crippen molar-refractivity contribution >= 4 is 11.6 Å². The van der Waals surface area contributed by atoms with E-state index in [2.05, 4.69) is 50.8 Å². The molecule has 0 saturated carbocycles. The third-order valence-electron chi connectivity index (χ3n) is 4.93. The minimum atomic E-state index is 0.0593. The molecular weight excluding hydrogens is 306 g/mol. The van der Waals surface area contributed by atoms with Gasteiger partial charge >= 0.3 is 0 Å². The number of aliphatic hydroxyl groups is 1. The molecular formula is C20H30ClNO. The Hall–Kier alpha value is -0.830. The second-order valence-corrected chi connectivity index (χ2v) is 8.06. The molecule has 0 bridgehead atoms. The highest BCUT2D eigenvalue weighted by molar-refractivity contribution is 6.30. The van der Waals surface area contributed by atoms with Gasteiger partial charge in [-0.25, -0.2) is 0 Å². The van der Waals surface area contributed by atoms with Crippen LogP contribution in [0.25, 0.3) is 0 Å². The number of aliphatic hydroxyl groups excluding tert-OH is 1. The van der Waals surface area contributed by atoms with E-state index < -0.39 is 0 Å². The van der Waals surface area contributed by atoms with Gasteiger partial charge in [0.1, 0.15) is 0 Å². The van der Waals surface area contributed by atoms with Crippen LogP contribution in [0.3, 0.4) is 0 Å². The van der Waals surface area contributed by atoms with Gasteiger partial charge in [-0.15, -0.1) is 0 Å². The third kappa shape index (κ3) is 4.82. The first-order valence-corrected chi connectivity index (χ1v) is 8.99. The van der Waals surface area contributed by atoms with Crippen LogP contribution in [0.1, 0.15) is 52.5 Å². The Balaban J connectivity index is 2.22. The number of halogens is 1. The number of likely N-dealkylation sites (tertiary alicyclic amines) is 1. The summed E-state index contributed by atoms with van der Waals surface area (Å²) in [5.41, 5.74) is 2.71. The highest BCUT2D eigenvalue weighted by atomic mass is 35.5. The number of allylic oxidation sites excluding steroid dienone is 1. The van der Waals surface area contributed by atoms with E-state index >= 15 is 0 Å². The van der Waals surface area contributed by atoms with Crippen molar-refractivity contribution in [2.75, 3.05) is 13.2 Å². The largest absolute Gasteiger partial charge is 0.395 e. The molecule has 1 aromatic rings. The summed E-state index contributed by atoms with van der Waals surface area (Å²) in [6.07, 6.45) is 5.69. The molecule has 2 rings (SSSR count). The van der Waals surface area contributed by atoms with E-state index in [-0.39, 0.29) is 12.0 Å². The Bertz CT molecular complexity index is 531. The fourth-order valence-electron chi connectivity index (χ4n) is 3.69. The van der Waals surface area contributed by atoms with Gasteiger partial charge in [0, 0.05) is 17.1 Å². The van der Waals surface area contributed by atoms with E-state index in [1.165, 1.54) is 17.6 Å². The van der Waals surface area contributed by atoms with E-state index in [0.717, 1.165) is 24.4 Å². The van der Waals surface area contributed by atoms with Crippen LogP contribution in [0.2, 0.25) is 5.02 Å². The molecule has 0 aliphatic carbocycles. The number of nitrogens with zero attached hydrogens (tertiary/aromatic N) is 1. The summed E-state index contributed by atoms with van der Waals surface area (Å²) in [6.45, 7) is 10.3. The summed E-state index contributed by atoms with van der Waals surface area (Å²) in [6, 6.07) is 8.88. The molecule has 0 radical (unpaired) electrons. The van der Waals surface area contributed by atoms with Crippen molar-refractivity contribution in [3.05, 3.63) is 46.5 Å². The van der Waals surface area contributed by atoms with Gasteiger partial charge in [-0.2, -0.15) is 0 Å². The molecule has 1 aliphatic heterocycles. The van der Waals surface area contributed by atoms with Gasteiger partial charge in [0.2, 0.25) is 0 Å². The highest BCUT2D eigenvalue weighted by Crippen LogP contribution is 2.33. The van der Waals surface area contributed by atoms with Gasteiger partial charge in [-0.3, -0.25) is 4.90 Å². The van der Waals surface area contributed by atoms with Crippen LogP contribution in [0.15, 0.2) is 35.9 Å². The summed E-state index contributed by atoms with van der Waals surface area (Å²) < 4.78 is 0. The molecule has 1 heterocycles. The topological polar surface area (TPSA) is 23.5 Å². The number of hydrogen-bond donors (Lipinski definition) is 1. The lowest BCUT2D eigenvalue weighted by molar-refractivity contribution is 0.123. The molecule has 1 N–H and O–H groups in total. The minimum Gasteiger partial charge on any atom is -0.395 e. The second-order valence-electron chi connectivity index (χ2n) is 7.62. The molecule has 1 aliphatic rings. The Labute approximate surface area is 146 Å². The maximum atomic E-state index is 9.69. The zero-order chi connectivity index (χ0) is 17.0. The Morgan fingerprint density at radius 2 is 2.00 bits per heavy atom. The molecule has 0 amide bonds. The third-order valence-corrected chi connectivity index (χ3v) is 5.18. The zero-order valence-electron chi connectivity index (χ0n) is 14.8. The van der Waals surface area contributed by atoms with Crippen LogP contribution in [0, 0.1) is 0 Å². The molecule has 23 heavy (non-hydrogen) atoms. The number of benzene rings is 1. The molecule has 1 saturated heterocycles. The van der Waals surface area contributed by atoms with Crippen molar-refractivity contribution in [1.29, 1.82) is 0 Å². The maximum Gasteiger partial charge on any atom is 0.0587 e. The van der Waals surface area contributed by atoms with Crippen molar-refractivity contribution in [3.63, 3.8) is 0 Å². The summed E-state index contributed by atoms with van der Waals surface area (Å²) in [5, 5.41) is 10.5. The molecule has 0 aromatic heterocycles. The van der Waals surface area contributed by atoms with Crippen LogP contribution in [0.5, 0.6) is 0 Å². The predicted molar refractivity (Wildman–Crippen MR) is 99.1 cm³/mol. The van der Waals surface area contributed by atoms with Crippen molar-refractivity contribution < 1.29 is 5.11 Å². The molecule has 0 unspecified atom stereocenters. The normalized spacial score (nSPS) is 20.5. The zero-order valence-corrected chi connectivity index (χ0v) is 15.6. The van der Waals surface area contributed by atoms with Crippen LogP contribution < -0.4 is 0 Å². The molecule has 2 nitrogen and oxygen atoms in total. The van der Waals surface area contributed by atoms with Crippen molar-refractivity contribution in [3.8, 4) is 0 Å². The minimum absolute atomic E-state index is 0.0593. The summed E-state index contributed by atoms with van der Waals surface area (Å²) in [5.74, 6) is 0. The van der Waals surface area contributed by atoms with Gasteiger partial charge in [0.15, 0.2) is 0 Å². The van der Waals surface area contributed by atoms with Gasteiger partial charge in [0.25, 0.3) is 0 Å². The smallest absolute Gasteiger partial charge is 0.0587 e. The second kappa shape index (κ2) is 7.83. The van der Waals surface area contributed by atoms with Crippen LogP contribution in [-0.4, -0.2) is 35.2 Å². The van der Waals surface area contributed by atoms with Gasteiger partial charge in [-0.1, -0.05) is 49.2 Å². The number of hydrogen-bond acceptors (Lipinski definition) is 2.